The van der Waals surface area contributed by atoms with E-state index >= 15 is 0 Å². The SMILES string of the molecule is CCC1CN(C(=O)CCc2ccccc2C)CC/C1=N\O. The number of piperidine rings is 1. The molecular weight excluding hydrogens is 264 g/mol. The van der Waals surface area contributed by atoms with Crippen molar-refractivity contribution in [2.24, 2.45) is 11.1 Å². The van der Waals surface area contributed by atoms with E-state index in [9.17, 15) is 4.79 Å². The fourth-order valence-corrected chi connectivity index (χ4v) is 2.93. The minimum atomic E-state index is 0.200. The Kier molecular flexibility index (Phi) is 5.37. The number of benzene rings is 1. The molecule has 114 valence electrons. The van der Waals surface area contributed by atoms with Crippen molar-refractivity contribution in [1.82, 2.24) is 4.90 Å². The Hall–Kier alpha value is -1.84. The number of carbonyl (C=O) groups is 1. The zero-order chi connectivity index (χ0) is 15.2. The van der Waals surface area contributed by atoms with Crippen LogP contribution in [0.15, 0.2) is 29.4 Å². The van der Waals surface area contributed by atoms with Crippen LogP contribution in [0, 0.1) is 12.8 Å². The van der Waals surface area contributed by atoms with Gasteiger partial charge in [-0.15, -0.1) is 0 Å². The van der Waals surface area contributed by atoms with Crippen LogP contribution in [0.4, 0.5) is 0 Å². The van der Waals surface area contributed by atoms with E-state index in [1.54, 1.807) is 0 Å². The molecule has 4 heteroatoms. The van der Waals surface area contributed by atoms with Gasteiger partial charge in [-0.05, 0) is 30.9 Å². The molecule has 1 fully saturated rings. The first-order chi connectivity index (χ1) is 10.2. The Morgan fingerprint density at radius 2 is 2.19 bits per heavy atom. The number of amides is 1. The molecule has 1 amide bonds. The average molecular weight is 288 g/mol. The molecule has 1 aromatic rings. The average Bonchev–Trinajstić information content (AvgIpc) is 2.53. The molecule has 1 atom stereocenters. The predicted molar refractivity (Wildman–Crippen MR) is 83.7 cm³/mol. The molecule has 1 aliphatic rings. The first kappa shape index (κ1) is 15.5. The highest BCUT2D eigenvalue weighted by molar-refractivity contribution is 5.89. The van der Waals surface area contributed by atoms with Crippen molar-refractivity contribution >= 4 is 11.6 Å². The van der Waals surface area contributed by atoms with E-state index < -0.39 is 0 Å². The van der Waals surface area contributed by atoms with Crippen LogP contribution < -0.4 is 0 Å². The van der Waals surface area contributed by atoms with Gasteiger partial charge in [-0.25, -0.2) is 0 Å². The lowest BCUT2D eigenvalue weighted by atomic mass is 9.93. The second kappa shape index (κ2) is 7.25. The van der Waals surface area contributed by atoms with Crippen molar-refractivity contribution < 1.29 is 10.0 Å². The molecular formula is C17H24N2O2. The highest BCUT2D eigenvalue weighted by Gasteiger charge is 2.27. The van der Waals surface area contributed by atoms with E-state index in [1.807, 2.05) is 17.0 Å². The van der Waals surface area contributed by atoms with Gasteiger partial charge in [0, 0.05) is 31.8 Å². The fourth-order valence-electron chi connectivity index (χ4n) is 2.93. The molecule has 0 aromatic heterocycles. The van der Waals surface area contributed by atoms with Crippen molar-refractivity contribution in [2.75, 3.05) is 13.1 Å². The Morgan fingerprint density at radius 3 is 2.86 bits per heavy atom. The van der Waals surface area contributed by atoms with Gasteiger partial charge in [0.15, 0.2) is 0 Å². The molecule has 0 spiro atoms. The highest BCUT2D eigenvalue weighted by Crippen LogP contribution is 2.19. The number of aryl methyl sites for hydroxylation is 2. The number of hydrogen-bond donors (Lipinski definition) is 1. The molecule has 1 aromatic carbocycles. The topological polar surface area (TPSA) is 52.9 Å². The van der Waals surface area contributed by atoms with E-state index in [0.29, 0.717) is 25.9 Å². The molecule has 1 saturated heterocycles. The number of likely N-dealkylation sites (tertiary alicyclic amines) is 1. The first-order valence-corrected chi connectivity index (χ1v) is 7.68. The third kappa shape index (κ3) is 3.84. The summed E-state index contributed by atoms with van der Waals surface area (Å²) in [7, 11) is 0. The Labute approximate surface area is 126 Å². The molecule has 21 heavy (non-hydrogen) atoms. The highest BCUT2D eigenvalue weighted by atomic mass is 16.4. The zero-order valence-electron chi connectivity index (χ0n) is 12.9. The van der Waals surface area contributed by atoms with Gasteiger partial charge in [0.05, 0.1) is 5.71 Å². The monoisotopic (exact) mass is 288 g/mol. The molecule has 1 N–H and O–H groups in total. The van der Waals surface area contributed by atoms with Crippen molar-refractivity contribution in [1.29, 1.82) is 0 Å². The van der Waals surface area contributed by atoms with Crippen LogP contribution in [0.5, 0.6) is 0 Å². The third-order valence-corrected chi connectivity index (χ3v) is 4.39. The molecule has 1 unspecified atom stereocenters. The summed E-state index contributed by atoms with van der Waals surface area (Å²) < 4.78 is 0. The molecule has 0 radical (unpaired) electrons. The summed E-state index contributed by atoms with van der Waals surface area (Å²) in [4.78, 5) is 14.3. The summed E-state index contributed by atoms with van der Waals surface area (Å²) in [6.07, 6.45) is 2.93. The van der Waals surface area contributed by atoms with Crippen LogP contribution >= 0.6 is 0 Å². The maximum absolute atomic E-state index is 12.4. The number of rotatable bonds is 4. The quantitative estimate of drug-likeness (QED) is 0.684. The summed E-state index contributed by atoms with van der Waals surface area (Å²) >= 11 is 0. The summed E-state index contributed by atoms with van der Waals surface area (Å²) in [6, 6.07) is 8.21. The van der Waals surface area contributed by atoms with Crippen molar-refractivity contribution in [3.63, 3.8) is 0 Å². The summed E-state index contributed by atoms with van der Waals surface area (Å²) in [6.45, 7) is 5.50. The lowest BCUT2D eigenvalue weighted by molar-refractivity contribution is -0.131. The fraction of sp³-hybridized carbons (Fsp3) is 0.529. The number of nitrogens with zero attached hydrogens (tertiary/aromatic N) is 2. The summed E-state index contributed by atoms with van der Waals surface area (Å²) in [5.74, 6) is 0.403. The van der Waals surface area contributed by atoms with Crippen LogP contribution in [-0.4, -0.2) is 34.8 Å². The maximum atomic E-state index is 12.4. The summed E-state index contributed by atoms with van der Waals surface area (Å²) in [5.41, 5.74) is 3.32. The minimum Gasteiger partial charge on any atom is -0.411 e. The van der Waals surface area contributed by atoms with E-state index in [2.05, 4.69) is 31.1 Å². The molecule has 0 saturated carbocycles. The minimum absolute atomic E-state index is 0.200. The third-order valence-electron chi connectivity index (χ3n) is 4.39. The van der Waals surface area contributed by atoms with Gasteiger partial charge in [-0.2, -0.15) is 0 Å². The second-order valence-corrected chi connectivity index (χ2v) is 5.71. The van der Waals surface area contributed by atoms with E-state index in [-0.39, 0.29) is 11.8 Å². The molecule has 4 nitrogen and oxygen atoms in total. The van der Waals surface area contributed by atoms with Gasteiger partial charge in [-0.1, -0.05) is 36.3 Å². The van der Waals surface area contributed by atoms with Gasteiger partial charge in [0.1, 0.15) is 0 Å². The first-order valence-electron chi connectivity index (χ1n) is 7.68. The van der Waals surface area contributed by atoms with Gasteiger partial charge < -0.3 is 10.1 Å². The standard InChI is InChI=1S/C17H24N2O2/c1-3-14-12-19(11-10-16(14)18-21)17(20)9-8-15-7-5-4-6-13(15)2/h4-7,14,21H,3,8-12H2,1-2H3/b18-16+. The maximum Gasteiger partial charge on any atom is 0.222 e. The van der Waals surface area contributed by atoms with Gasteiger partial charge in [0.25, 0.3) is 0 Å². The largest absolute Gasteiger partial charge is 0.411 e. The van der Waals surface area contributed by atoms with Crippen LogP contribution in [0.2, 0.25) is 0 Å². The van der Waals surface area contributed by atoms with Crippen molar-refractivity contribution in [3.05, 3.63) is 35.4 Å². The van der Waals surface area contributed by atoms with E-state index in [4.69, 9.17) is 5.21 Å². The molecule has 1 heterocycles. The molecule has 2 rings (SSSR count). The smallest absolute Gasteiger partial charge is 0.222 e. The molecule has 1 aliphatic heterocycles. The lowest BCUT2D eigenvalue weighted by Crippen LogP contribution is -2.44. The molecule has 0 aliphatic carbocycles. The second-order valence-electron chi connectivity index (χ2n) is 5.71. The van der Waals surface area contributed by atoms with Crippen LogP contribution in [0.1, 0.15) is 37.3 Å². The van der Waals surface area contributed by atoms with Gasteiger partial charge >= 0.3 is 0 Å². The molecule has 0 bridgehead atoms. The van der Waals surface area contributed by atoms with Gasteiger partial charge in [0.2, 0.25) is 5.91 Å². The van der Waals surface area contributed by atoms with Crippen molar-refractivity contribution in [2.45, 2.75) is 39.5 Å². The van der Waals surface area contributed by atoms with Gasteiger partial charge in [-0.3, -0.25) is 4.79 Å². The number of hydrogen-bond acceptors (Lipinski definition) is 3. The summed E-state index contributed by atoms with van der Waals surface area (Å²) in [5, 5.41) is 12.4. The Balaban J connectivity index is 1.91. The van der Waals surface area contributed by atoms with Crippen molar-refractivity contribution in [3.8, 4) is 0 Å². The van der Waals surface area contributed by atoms with Crippen LogP contribution in [0.25, 0.3) is 0 Å². The predicted octanol–water partition coefficient (Wildman–Crippen LogP) is 3.02. The van der Waals surface area contributed by atoms with E-state index in [1.165, 1.54) is 11.1 Å². The Morgan fingerprint density at radius 1 is 1.43 bits per heavy atom. The normalized spacial score (nSPS) is 20.8. The number of carbonyl (C=O) groups excluding carboxylic acids is 1. The van der Waals surface area contributed by atoms with Crippen LogP contribution in [0.3, 0.4) is 0 Å². The number of oxime groups is 1. The zero-order valence-corrected chi connectivity index (χ0v) is 12.9. The lowest BCUT2D eigenvalue weighted by Gasteiger charge is -2.33. The van der Waals surface area contributed by atoms with Crippen LogP contribution in [-0.2, 0) is 11.2 Å². The van der Waals surface area contributed by atoms with E-state index in [0.717, 1.165) is 18.6 Å². The Bertz CT molecular complexity index is 525.